The van der Waals surface area contributed by atoms with E-state index in [1.165, 1.54) is 6.07 Å². The van der Waals surface area contributed by atoms with Crippen molar-refractivity contribution in [3.05, 3.63) is 53.3 Å². The molecule has 27 heavy (non-hydrogen) atoms. The lowest BCUT2D eigenvalue weighted by atomic mass is 10.1. The third-order valence-electron chi connectivity index (χ3n) is 4.41. The summed E-state index contributed by atoms with van der Waals surface area (Å²) in [5, 5.41) is 0. The number of aryl methyl sites for hydroxylation is 2. The normalized spacial score (nSPS) is 11.8. The van der Waals surface area contributed by atoms with E-state index < -0.39 is 11.7 Å². The molecule has 144 valence electrons. The van der Waals surface area contributed by atoms with Gasteiger partial charge in [0.15, 0.2) is 11.5 Å². The third-order valence-corrected chi connectivity index (χ3v) is 4.41. The SMILES string of the molecule is COc1ccc(CCn2c(CN)nc3cc(C(F)(F)F)ccc32)cc1OC. The zero-order valence-electron chi connectivity index (χ0n) is 15.0. The van der Waals surface area contributed by atoms with Gasteiger partial charge in [-0.2, -0.15) is 13.2 Å². The van der Waals surface area contributed by atoms with E-state index in [2.05, 4.69) is 4.98 Å². The van der Waals surface area contributed by atoms with Crippen LogP contribution in [0.2, 0.25) is 0 Å². The van der Waals surface area contributed by atoms with E-state index in [9.17, 15) is 13.2 Å². The molecule has 3 rings (SSSR count). The molecular weight excluding hydrogens is 359 g/mol. The Morgan fingerprint density at radius 1 is 1.04 bits per heavy atom. The summed E-state index contributed by atoms with van der Waals surface area (Å²) in [5.74, 6) is 1.81. The molecule has 8 heteroatoms. The predicted molar refractivity (Wildman–Crippen MR) is 95.9 cm³/mol. The van der Waals surface area contributed by atoms with E-state index in [-0.39, 0.29) is 12.1 Å². The second-order valence-electron chi connectivity index (χ2n) is 6.02. The highest BCUT2D eigenvalue weighted by molar-refractivity contribution is 5.77. The molecule has 0 bridgehead atoms. The summed E-state index contributed by atoms with van der Waals surface area (Å²) < 4.78 is 51.2. The van der Waals surface area contributed by atoms with Crippen LogP contribution in [-0.4, -0.2) is 23.8 Å². The lowest BCUT2D eigenvalue weighted by Gasteiger charge is -2.12. The average molecular weight is 379 g/mol. The molecule has 0 saturated heterocycles. The van der Waals surface area contributed by atoms with Gasteiger partial charge in [-0.05, 0) is 42.3 Å². The van der Waals surface area contributed by atoms with Crippen LogP contribution in [0.3, 0.4) is 0 Å². The first kappa shape index (κ1) is 19.0. The van der Waals surface area contributed by atoms with Crippen molar-refractivity contribution >= 4 is 11.0 Å². The second kappa shape index (κ2) is 7.48. The zero-order chi connectivity index (χ0) is 19.6. The molecule has 0 amide bonds. The van der Waals surface area contributed by atoms with Gasteiger partial charge in [0, 0.05) is 6.54 Å². The van der Waals surface area contributed by atoms with Crippen molar-refractivity contribution in [2.24, 2.45) is 5.73 Å². The zero-order valence-corrected chi connectivity index (χ0v) is 15.0. The van der Waals surface area contributed by atoms with Gasteiger partial charge in [-0.15, -0.1) is 0 Å². The van der Waals surface area contributed by atoms with E-state index in [1.807, 2.05) is 22.8 Å². The number of rotatable bonds is 6. The summed E-state index contributed by atoms with van der Waals surface area (Å²) >= 11 is 0. The quantitative estimate of drug-likeness (QED) is 0.708. The van der Waals surface area contributed by atoms with Gasteiger partial charge in [0.25, 0.3) is 0 Å². The van der Waals surface area contributed by atoms with Gasteiger partial charge in [0.05, 0.1) is 37.4 Å². The van der Waals surface area contributed by atoms with E-state index in [0.717, 1.165) is 17.7 Å². The fourth-order valence-electron chi connectivity index (χ4n) is 3.04. The van der Waals surface area contributed by atoms with Gasteiger partial charge in [0.1, 0.15) is 5.82 Å². The molecule has 0 aliphatic heterocycles. The van der Waals surface area contributed by atoms with E-state index in [0.29, 0.717) is 35.8 Å². The Hall–Kier alpha value is -2.74. The number of ether oxygens (including phenoxy) is 2. The van der Waals surface area contributed by atoms with Crippen molar-refractivity contribution in [1.29, 1.82) is 0 Å². The van der Waals surface area contributed by atoms with Crippen LogP contribution >= 0.6 is 0 Å². The third kappa shape index (κ3) is 3.85. The molecule has 0 radical (unpaired) electrons. The number of fused-ring (bicyclic) bond motifs is 1. The number of nitrogens with two attached hydrogens (primary N) is 1. The molecule has 0 spiro atoms. The van der Waals surface area contributed by atoms with Crippen LogP contribution in [0.15, 0.2) is 36.4 Å². The molecule has 0 aliphatic rings. The summed E-state index contributed by atoms with van der Waals surface area (Å²) in [4.78, 5) is 4.27. The molecule has 3 aromatic rings. The number of nitrogens with zero attached hydrogens (tertiary/aromatic N) is 2. The Morgan fingerprint density at radius 2 is 1.78 bits per heavy atom. The van der Waals surface area contributed by atoms with Crippen LogP contribution in [0.1, 0.15) is 17.0 Å². The number of halogens is 3. The van der Waals surface area contributed by atoms with Crippen LogP contribution in [0.4, 0.5) is 13.2 Å². The van der Waals surface area contributed by atoms with Gasteiger partial charge >= 0.3 is 6.18 Å². The van der Waals surface area contributed by atoms with E-state index in [1.54, 1.807) is 14.2 Å². The van der Waals surface area contributed by atoms with Crippen LogP contribution in [0, 0.1) is 0 Å². The van der Waals surface area contributed by atoms with Crippen molar-refractivity contribution in [3.8, 4) is 11.5 Å². The van der Waals surface area contributed by atoms with Crippen molar-refractivity contribution in [3.63, 3.8) is 0 Å². The number of aromatic nitrogens is 2. The predicted octanol–water partition coefficient (Wildman–Crippen LogP) is 3.77. The van der Waals surface area contributed by atoms with Crippen molar-refractivity contribution in [2.45, 2.75) is 25.7 Å². The molecular formula is C19H20F3N3O2. The van der Waals surface area contributed by atoms with Gasteiger partial charge in [-0.25, -0.2) is 4.98 Å². The summed E-state index contributed by atoms with van der Waals surface area (Å²) in [7, 11) is 3.13. The summed E-state index contributed by atoms with van der Waals surface area (Å²) in [6, 6.07) is 9.18. The molecule has 5 nitrogen and oxygen atoms in total. The molecule has 2 aromatic carbocycles. The fourth-order valence-corrected chi connectivity index (χ4v) is 3.04. The molecule has 0 saturated carbocycles. The lowest BCUT2D eigenvalue weighted by molar-refractivity contribution is -0.137. The average Bonchev–Trinajstić information content (AvgIpc) is 3.02. The summed E-state index contributed by atoms with van der Waals surface area (Å²) in [6.45, 7) is 0.672. The first-order valence-electron chi connectivity index (χ1n) is 8.34. The first-order chi connectivity index (χ1) is 12.9. The maximum Gasteiger partial charge on any atom is 0.416 e. The van der Waals surface area contributed by atoms with Crippen molar-refractivity contribution < 1.29 is 22.6 Å². The van der Waals surface area contributed by atoms with E-state index >= 15 is 0 Å². The van der Waals surface area contributed by atoms with Crippen molar-refractivity contribution in [1.82, 2.24) is 9.55 Å². The molecule has 1 heterocycles. The minimum absolute atomic E-state index is 0.141. The van der Waals surface area contributed by atoms with Crippen LogP contribution < -0.4 is 15.2 Å². The molecule has 0 fully saturated rings. The van der Waals surface area contributed by atoms with Gasteiger partial charge in [-0.3, -0.25) is 0 Å². The Labute approximate surface area is 154 Å². The Kier molecular flexibility index (Phi) is 5.27. The Bertz CT molecular complexity index is 951. The van der Waals surface area contributed by atoms with Crippen LogP contribution in [0.5, 0.6) is 11.5 Å². The molecule has 2 N–H and O–H groups in total. The Morgan fingerprint density at radius 3 is 2.41 bits per heavy atom. The highest BCUT2D eigenvalue weighted by atomic mass is 19.4. The van der Waals surface area contributed by atoms with Crippen LogP contribution in [-0.2, 0) is 25.7 Å². The van der Waals surface area contributed by atoms with Crippen LogP contribution in [0.25, 0.3) is 11.0 Å². The minimum Gasteiger partial charge on any atom is -0.493 e. The van der Waals surface area contributed by atoms with Gasteiger partial charge in [-0.1, -0.05) is 6.07 Å². The smallest absolute Gasteiger partial charge is 0.416 e. The first-order valence-corrected chi connectivity index (χ1v) is 8.34. The molecule has 0 aliphatic carbocycles. The monoisotopic (exact) mass is 379 g/mol. The fraction of sp³-hybridized carbons (Fsp3) is 0.316. The lowest BCUT2D eigenvalue weighted by Crippen LogP contribution is -2.10. The molecule has 0 unspecified atom stereocenters. The number of benzene rings is 2. The highest BCUT2D eigenvalue weighted by Gasteiger charge is 2.31. The number of alkyl halides is 3. The molecule has 0 atom stereocenters. The maximum absolute atomic E-state index is 12.9. The van der Waals surface area contributed by atoms with Crippen molar-refractivity contribution in [2.75, 3.05) is 14.2 Å². The van der Waals surface area contributed by atoms with E-state index in [4.69, 9.17) is 15.2 Å². The standard InChI is InChI=1S/C19H20F3N3O2/c1-26-16-6-3-12(9-17(16)27-2)7-8-25-15-5-4-13(19(20,21)22)10-14(15)24-18(25)11-23/h3-6,9-10H,7-8,11,23H2,1-2H3. The largest absolute Gasteiger partial charge is 0.493 e. The topological polar surface area (TPSA) is 62.3 Å². The maximum atomic E-state index is 12.9. The summed E-state index contributed by atoms with van der Waals surface area (Å²) in [6.07, 6.45) is -3.76. The highest BCUT2D eigenvalue weighted by Crippen LogP contribution is 2.32. The molecule has 1 aromatic heterocycles. The second-order valence-corrected chi connectivity index (χ2v) is 6.02. The summed E-state index contributed by atoms with van der Waals surface area (Å²) in [5.41, 5.74) is 6.95. The van der Waals surface area contributed by atoms with Gasteiger partial charge in [0.2, 0.25) is 0 Å². The number of hydrogen-bond acceptors (Lipinski definition) is 4. The minimum atomic E-state index is -4.40. The number of methoxy groups -OCH3 is 2. The number of imidazole rings is 1. The Balaban J connectivity index is 1.90. The van der Waals surface area contributed by atoms with Gasteiger partial charge < -0.3 is 19.8 Å². The number of hydrogen-bond donors (Lipinski definition) is 1.